The van der Waals surface area contributed by atoms with Crippen molar-refractivity contribution in [2.45, 2.75) is 47.0 Å². The van der Waals surface area contributed by atoms with Crippen molar-refractivity contribution in [2.75, 3.05) is 5.43 Å². The first-order valence-electron chi connectivity index (χ1n) is 7.87. The second-order valence-corrected chi connectivity index (χ2v) is 5.40. The normalized spacial score (nSPS) is 11.5. The zero-order valence-corrected chi connectivity index (χ0v) is 13.8. The fraction of sp³-hybridized carbons (Fsp3) is 0.389. The van der Waals surface area contributed by atoms with E-state index in [9.17, 15) is 0 Å². The van der Waals surface area contributed by atoms with Gasteiger partial charge in [-0.15, -0.1) is 0 Å². The summed E-state index contributed by atoms with van der Waals surface area (Å²) >= 11 is 0. The lowest BCUT2D eigenvalue weighted by atomic mass is 10.1. The number of hydrogen-bond donors (Lipinski definition) is 1. The van der Waals surface area contributed by atoms with Crippen molar-refractivity contribution in [1.29, 1.82) is 0 Å². The predicted molar refractivity (Wildman–Crippen MR) is 92.4 cm³/mol. The molecule has 22 heavy (non-hydrogen) atoms. The molecule has 2 rings (SSSR count). The fourth-order valence-corrected chi connectivity index (χ4v) is 2.34. The minimum atomic E-state index is 0.579. The average Bonchev–Trinajstić information content (AvgIpc) is 2.53. The molecule has 1 aromatic carbocycles. The summed E-state index contributed by atoms with van der Waals surface area (Å²) in [6, 6.07) is 10.3. The lowest BCUT2D eigenvalue weighted by molar-refractivity contribution is 0.856. The summed E-state index contributed by atoms with van der Waals surface area (Å²) in [5.41, 5.74) is 8.40. The topological polar surface area (TPSA) is 50.2 Å². The molecule has 116 valence electrons. The Hall–Kier alpha value is -2.23. The van der Waals surface area contributed by atoms with Crippen molar-refractivity contribution >= 4 is 11.7 Å². The van der Waals surface area contributed by atoms with E-state index >= 15 is 0 Å². The summed E-state index contributed by atoms with van der Waals surface area (Å²) in [5, 5.41) is 4.44. The van der Waals surface area contributed by atoms with Crippen molar-refractivity contribution in [1.82, 2.24) is 9.97 Å². The Bertz CT molecular complexity index is 662. The highest BCUT2D eigenvalue weighted by Crippen LogP contribution is 2.11. The molecule has 0 amide bonds. The number of rotatable bonds is 6. The lowest BCUT2D eigenvalue weighted by Gasteiger charge is -2.08. The molecule has 0 radical (unpaired) electrons. The van der Waals surface area contributed by atoms with E-state index in [1.54, 1.807) is 0 Å². The van der Waals surface area contributed by atoms with Gasteiger partial charge in [0, 0.05) is 17.0 Å². The Morgan fingerprint density at radius 3 is 2.55 bits per heavy atom. The number of hydrazone groups is 1. The number of aromatic nitrogens is 2. The monoisotopic (exact) mass is 296 g/mol. The van der Waals surface area contributed by atoms with Crippen LogP contribution in [-0.4, -0.2) is 15.7 Å². The molecule has 0 aliphatic heterocycles. The third kappa shape index (κ3) is 4.13. The molecule has 1 N–H and O–H groups in total. The molecule has 0 fully saturated rings. The van der Waals surface area contributed by atoms with Gasteiger partial charge in [-0.25, -0.2) is 15.4 Å². The van der Waals surface area contributed by atoms with Gasteiger partial charge in [-0.3, -0.25) is 0 Å². The first-order chi connectivity index (χ1) is 10.6. The van der Waals surface area contributed by atoms with Crippen molar-refractivity contribution in [3.05, 3.63) is 52.8 Å². The van der Waals surface area contributed by atoms with Gasteiger partial charge in [-0.2, -0.15) is 5.10 Å². The molecule has 0 bridgehead atoms. The van der Waals surface area contributed by atoms with Gasteiger partial charge in [0.15, 0.2) is 0 Å². The van der Waals surface area contributed by atoms with E-state index in [0.717, 1.165) is 41.9 Å². The van der Waals surface area contributed by atoms with Crippen LogP contribution in [0.2, 0.25) is 0 Å². The summed E-state index contributed by atoms with van der Waals surface area (Å²) in [6.07, 6.45) is 2.93. The first-order valence-corrected chi connectivity index (χ1v) is 7.87. The average molecular weight is 296 g/mol. The summed E-state index contributed by atoms with van der Waals surface area (Å²) in [6.45, 7) is 8.33. The van der Waals surface area contributed by atoms with E-state index in [1.165, 1.54) is 5.56 Å². The van der Waals surface area contributed by atoms with Crippen LogP contribution in [0.15, 0.2) is 35.4 Å². The molecular weight excluding hydrogens is 272 g/mol. The molecule has 0 saturated heterocycles. The molecule has 0 saturated carbocycles. The zero-order chi connectivity index (χ0) is 15.9. The number of anilines is 1. The molecule has 0 unspecified atom stereocenters. The van der Waals surface area contributed by atoms with Crippen LogP contribution in [-0.2, 0) is 12.8 Å². The van der Waals surface area contributed by atoms with E-state index in [0.29, 0.717) is 5.95 Å². The van der Waals surface area contributed by atoms with Crippen LogP contribution in [0, 0.1) is 6.92 Å². The van der Waals surface area contributed by atoms with Gasteiger partial charge < -0.3 is 0 Å². The van der Waals surface area contributed by atoms with Crippen molar-refractivity contribution < 1.29 is 0 Å². The van der Waals surface area contributed by atoms with Gasteiger partial charge in [0.25, 0.3) is 0 Å². The minimum absolute atomic E-state index is 0.579. The lowest BCUT2D eigenvalue weighted by Crippen LogP contribution is -2.06. The number of nitrogens with one attached hydrogen (secondary N) is 1. The van der Waals surface area contributed by atoms with E-state index in [-0.39, 0.29) is 0 Å². The third-order valence-corrected chi connectivity index (χ3v) is 3.56. The Labute approximate surface area is 132 Å². The number of benzene rings is 1. The standard InChI is InChI=1S/C18H24N4/c1-5-9-16-12-15(6-2)19-18(20-16)22-21-14(4)17-11-8-7-10-13(17)3/h7-8,10-12H,5-6,9H2,1-4H3,(H,19,20,22). The molecule has 0 atom stereocenters. The Kier molecular flexibility index (Phi) is 5.64. The summed E-state index contributed by atoms with van der Waals surface area (Å²) in [4.78, 5) is 9.02. The van der Waals surface area contributed by atoms with Gasteiger partial charge in [0.05, 0.1) is 5.71 Å². The molecule has 1 aromatic heterocycles. The van der Waals surface area contributed by atoms with Gasteiger partial charge >= 0.3 is 0 Å². The fourth-order valence-electron chi connectivity index (χ4n) is 2.34. The molecule has 0 aliphatic rings. The summed E-state index contributed by atoms with van der Waals surface area (Å²) < 4.78 is 0. The van der Waals surface area contributed by atoms with Crippen LogP contribution in [0.4, 0.5) is 5.95 Å². The highest BCUT2D eigenvalue weighted by molar-refractivity contribution is 6.00. The predicted octanol–water partition coefficient (Wildman–Crippen LogP) is 4.14. The quantitative estimate of drug-likeness (QED) is 0.644. The van der Waals surface area contributed by atoms with Crippen LogP contribution in [0.5, 0.6) is 0 Å². The van der Waals surface area contributed by atoms with Crippen LogP contribution < -0.4 is 5.43 Å². The molecule has 4 heteroatoms. The van der Waals surface area contributed by atoms with Crippen LogP contribution in [0.25, 0.3) is 0 Å². The zero-order valence-electron chi connectivity index (χ0n) is 13.8. The van der Waals surface area contributed by atoms with Crippen molar-refractivity contribution in [2.24, 2.45) is 5.10 Å². The second-order valence-electron chi connectivity index (χ2n) is 5.40. The van der Waals surface area contributed by atoms with Gasteiger partial charge in [-0.05, 0) is 38.3 Å². The Balaban J connectivity index is 2.21. The molecule has 2 aromatic rings. The van der Waals surface area contributed by atoms with E-state index in [2.05, 4.69) is 59.5 Å². The van der Waals surface area contributed by atoms with Gasteiger partial charge in [0.2, 0.25) is 5.95 Å². The highest BCUT2D eigenvalue weighted by Gasteiger charge is 2.04. The van der Waals surface area contributed by atoms with E-state index in [4.69, 9.17) is 0 Å². The summed E-state index contributed by atoms with van der Waals surface area (Å²) in [5.74, 6) is 0.579. The number of nitrogens with zero attached hydrogens (tertiary/aromatic N) is 3. The Morgan fingerprint density at radius 1 is 1.14 bits per heavy atom. The Morgan fingerprint density at radius 2 is 1.86 bits per heavy atom. The summed E-state index contributed by atoms with van der Waals surface area (Å²) in [7, 11) is 0. The first kappa shape index (κ1) is 16.1. The maximum Gasteiger partial charge on any atom is 0.243 e. The van der Waals surface area contributed by atoms with Crippen molar-refractivity contribution in [3.8, 4) is 0 Å². The van der Waals surface area contributed by atoms with Crippen LogP contribution in [0.3, 0.4) is 0 Å². The molecule has 0 spiro atoms. The van der Waals surface area contributed by atoms with E-state index < -0.39 is 0 Å². The molecular formula is C18H24N4. The van der Waals surface area contributed by atoms with Crippen LogP contribution >= 0.6 is 0 Å². The smallest absolute Gasteiger partial charge is 0.243 e. The molecule has 0 aliphatic carbocycles. The molecule has 1 heterocycles. The molecule has 4 nitrogen and oxygen atoms in total. The van der Waals surface area contributed by atoms with Gasteiger partial charge in [0.1, 0.15) is 0 Å². The van der Waals surface area contributed by atoms with Crippen LogP contribution in [0.1, 0.15) is 49.7 Å². The minimum Gasteiger partial charge on any atom is -0.245 e. The SMILES string of the molecule is CCCc1cc(CC)nc(NN=C(C)c2ccccc2C)n1. The van der Waals surface area contributed by atoms with E-state index in [1.807, 2.05) is 19.1 Å². The van der Waals surface area contributed by atoms with Gasteiger partial charge in [-0.1, -0.05) is 44.5 Å². The maximum atomic E-state index is 4.53. The largest absolute Gasteiger partial charge is 0.245 e. The number of aryl methyl sites for hydroxylation is 3. The maximum absolute atomic E-state index is 4.53. The second kappa shape index (κ2) is 7.69. The third-order valence-electron chi connectivity index (χ3n) is 3.56. The highest BCUT2D eigenvalue weighted by atomic mass is 15.4. The van der Waals surface area contributed by atoms with Crippen molar-refractivity contribution in [3.63, 3.8) is 0 Å². The number of hydrogen-bond acceptors (Lipinski definition) is 4.